The molecule has 0 spiro atoms. The first-order valence-electron chi connectivity index (χ1n) is 14.2. The molecular formula is C30H33F3N6O4S3. The molecule has 1 aromatic heterocycles. The van der Waals surface area contributed by atoms with Gasteiger partial charge in [-0.1, -0.05) is 36.8 Å². The Morgan fingerprint density at radius 3 is 2.41 bits per heavy atom. The summed E-state index contributed by atoms with van der Waals surface area (Å²) >= 11 is 12.0. The maximum Gasteiger partial charge on any atom is 0.417 e. The predicted octanol–water partition coefficient (Wildman–Crippen LogP) is 5.19. The molecule has 0 radical (unpaired) electrons. The van der Waals surface area contributed by atoms with Gasteiger partial charge in [0.2, 0.25) is 5.91 Å². The van der Waals surface area contributed by atoms with E-state index in [4.69, 9.17) is 34.8 Å². The molecule has 246 valence electrons. The third-order valence-corrected chi connectivity index (χ3v) is 8.88. The number of nitrogens with zero attached hydrogens (tertiary/aromatic N) is 4. The van der Waals surface area contributed by atoms with E-state index >= 15 is 0 Å². The number of amides is 2. The number of alkyl halides is 3. The molecule has 3 rings (SSSR count). The maximum atomic E-state index is 13.6. The number of carboxylic acids is 1. The number of hydrogen-bond donors (Lipinski definition) is 3. The molecule has 46 heavy (non-hydrogen) atoms. The number of halogens is 3. The highest BCUT2D eigenvalue weighted by Gasteiger charge is 2.50. The molecule has 2 amide bonds. The van der Waals surface area contributed by atoms with E-state index in [0.717, 1.165) is 60.2 Å². The number of thiocarbonyl (C=S) groups is 2. The van der Waals surface area contributed by atoms with Crippen LogP contribution in [0, 0.1) is 11.3 Å². The largest absolute Gasteiger partial charge is 0.480 e. The van der Waals surface area contributed by atoms with E-state index in [9.17, 15) is 27.6 Å². The van der Waals surface area contributed by atoms with Gasteiger partial charge in [-0.15, -0.1) is 0 Å². The van der Waals surface area contributed by atoms with Gasteiger partial charge in [-0.05, 0) is 75.7 Å². The molecule has 1 aromatic carbocycles. The Kier molecular flexibility index (Phi) is 12.5. The molecule has 1 aliphatic heterocycles. The second kappa shape index (κ2) is 15.7. The van der Waals surface area contributed by atoms with Gasteiger partial charge in [-0.25, -0.2) is 4.79 Å². The van der Waals surface area contributed by atoms with Crippen molar-refractivity contribution in [3.8, 4) is 6.07 Å². The van der Waals surface area contributed by atoms with E-state index in [-0.39, 0.29) is 16.6 Å². The molecule has 0 bridgehead atoms. The molecule has 10 nitrogen and oxygen atoms in total. The van der Waals surface area contributed by atoms with Crippen molar-refractivity contribution in [2.75, 3.05) is 22.1 Å². The molecule has 1 atom stereocenters. The number of carbonyl (C=O) groups excluding carboxylic acids is 2. The van der Waals surface area contributed by atoms with Crippen LogP contribution in [0.4, 0.5) is 24.5 Å². The van der Waals surface area contributed by atoms with Gasteiger partial charge in [-0.2, -0.15) is 18.4 Å². The molecule has 16 heteroatoms. The number of aromatic nitrogens is 1. The van der Waals surface area contributed by atoms with Crippen molar-refractivity contribution >= 4 is 74.8 Å². The van der Waals surface area contributed by atoms with E-state index in [1.54, 1.807) is 31.0 Å². The van der Waals surface area contributed by atoms with Crippen LogP contribution in [0.5, 0.6) is 0 Å². The van der Waals surface area contributed by atoms with Crippen LogP contribution in [0.3, 0.4) is 0 Å². The predicted molar refractivity (Wildman–Crippen MR) is 178 cm³/mol. The number of nitrogens with one attached hydrogen (secondary N) is 2. The minimum Gasteiger partial charge on any atom is -0.480 e. The van der Waals surface area contributed by atoms with Gasteiger partial charge < -0.3 is 20.6 Å². The van der Waals surface area contributed by atoms with Crippen molar-refractivity contribution in [2.24, 2.45) is 0 Å². The molecule has 3 N–H and O–H groups in total. The number of benzene rings is 1. The Labute approximate surface area is 279 Å². The second-order valence-electron chi connectivity index (χ2n) is 10.9. The van der Waals surface area contributed by atoms with Crippen LogP contribution in [0.25, 0.3) is 0 Å². The molecule has 2 aromatic rings. The normalized spacial score (nSPS) is 15.0. The van der Waals surface area contributed by atoms with E-state index in [1.165, 1.54) is 19.1 Å². The molecule has 0 saturated carbocycles. The molecule has 0 aliphatic carbocycles. The van der Waals surface area contributed by atoms with Crippen molar-refractivity contribution in [3.63, 3.8) is 0 Å². The van der Waals surface area contributed by atoms with Gasteiger partial charge in [0.05, 0.1) is 34.8 Å². The molecule has 2 heterocycles. The second-order valence-corrected chi connectivity index (χ2v) is 13.0. The quantitative estimate of drug-likeness (QED) is 0.189. The zero-order valence-corrected chi connectivity index (χ0v) is 27.8. The number of hydrogen-bond acceptors (Lipinski definition) is 8. The van der Waals surface area contributed by atoms with E-state index in [2.05, 4.69) is 15.6 Å². The van der Waals surface area contributed by atoms with Gasteiger partial charge in [-0.3, -0.25) is 19.5 Å². The lowest BCUT2D eigenvalue weighted by Gasteiger charge is -2.29. The zero-order chi connectivity index (χ0) is 34.2. The first-order valence-corrected chi connectivity index (χ1v) is 16.0. The number of aliphatic carboxylic acids is 1. The molecular weight excluding hydrogens is 662 g/mol. The van der Waals surface area contributed by atoms with Crippen molar-refractivity contribution in [2.45, 2.75) is 70.6 Å². The monoisotopic (exact) mass is 694 g/mol. The van der Waals surface area contributed by atoms with E-state index < -0.39 is 46.7 Å². The van der Waals surface area contributed by atoms with Gasteiger partial charge >= 0.3 is 12.1 Å². The number of anilines is 2. The summed E-state index contributed by atoms with van der Waals surface area (Å²) in [7, 11) is 0. The average Bonchev–Trinajstić information content (AvgIpc) is 3.16. The zero-order valence-electron chi connectivity index (χ0n) is 25.3. The molecule has 1 unspecified atom stereocenters. The summed E-state index contributed by atoms with van der Waals surface area (Å²) in [6.07, 6.45) is 1.12. The smallest absolute Gasteiger partial charge is 0.417 e. The summed E-state index contributed by atoms with van der Waals surface area (Å²) < 4.78 is 41.2. The first kappa shape index (κ1) is 36.7. The number of carbonyl (C=O) groups is 3. The van der Waals surface area contributed by atoms with Crippen LogP contribution >= 0.6 is 36.2 Å². The summed E-state index contributed by atoms with van der Waals surface area (Å²) in [5, 5.41) is 23.7. The molecule has 1 aliphatic rings. The molecule has 1 fully saturated rings. The highest BCUT2D eigenvalue weighted by molar-refractivity contribution is 8.23. The fourth-order valence-corrected chi connectivity index (χ4v) is 6.34. The van der Waals surface area contributed by atoms with Crippen molar-refractivity contribution in [1.29, 1.82) is 5.26 Å². The first-order chi connectivity index (χ1) is 21.6. The Morgan fingerprint density at radius 1 is 1.15 bits per heavy atom. The van der Waals surface area contributed by atoms with Crippen molar-refractivity contribution in [3.05, 3.63) is 53.3 Å². The SMILES string of the molecule is CC(=O)NC(CSC(=S)NCCCCCCc1ccc(N2C(=S)N(c3ccc(C#N)c(C(F)(F)F)c3)C(=O)C2(C)C)cn1)C(=O)O. The minimum atomic E-state index is -4.78. The highest BCUT2D eigenvalue weighted by atomic mass is 32.2. The van der Waals surface area contributed by atoms with E-state index in [0.29, 0.717) is 23.0 Å². The Morgan fingerprint density at radius 2 is 1.83 bits per heavy atom. The van der Waals surface area contributed by atoms with Gasteiger partial charge in [0, 0.05) is 24.9 Å². The Balaban J connectivity index is 1.50. The van der Waals surface area contributed by atoms with Crippen molar-refractivity contribution in [1.82, 2.24) is 15.6 Å². The Hall–Kier alpha value is -3.81. The number of rotatable bonds is 13. The summed E-state index contributed by atoms with van der Waals surface area (Å²) in [5.74, 6) is -1.93. The van der Waals surface area contributed by atoms with E-state index in [1.807, 2.05) is 6.07 Å². The number of aryl methyl sites for hydroxylation is 1. The average molecular weight is 695 g/mol. The number of unbranched alkanes of at least 4 members (excludes halogenated alkanes) is 3. The lowest BCUT2D eigenvalue weighted by molar-refractivity contribution is -0.140. The van der Waals surface area contributed by atoms with Crippen LogP contribution in [0.2, 0.25) is 0 Å². The summed E-state index contributed by atoms with van der Waals surface area (Å²) in [6.45, 7) is 5.15. The number of pyridine rings is 1. The van der Waals surface area contributed by atoms with Crippen LogP contribution < -0.4 is 20.4 Å². The maximum absolute atomic E-state index is 13.6. The fraction of sp³-hybridized carbons (Fsp3) is 0.433. The summed E-state index contributed by atoms with van der Waals surface area (Å²) in [4.78, 5) is 42.8. The number of carboxylic acid groups (broad SMARTS) is 1. The number of nitriles is 1. The molecule has 1 saturated heterocycles. The van der Waals surface area contributed by atoms with Gasteiger partial charge in [0.15, 0.2) is 5.11 Å². The highest BCUT2D eigenvalue weighted by Crippen LogP contribution is 2.39. The topological polar surface area (TPSA) is 139 Å². The third-order valence-electron chi connectivity index (χ3n) is 7.11. The van der Waals surface area contributed by atoms with Gasteiger partial charge in [0.25, 0.3) is 5.91 Å². The minimum absolute atomic E-state index is 0.00306. The van der Waals surface area contributed by atoms with Crippen LogP contribution in [-0.4, -0.2) is 61.2 Å². The van der Waals surface area contributed by atoms with Crippen LogP contribution in [-0.2, 0) is 27.0 Å². The fourth-order valence-electron chi connectivity index (χ4n) is 4.76. The third kappa shape index (κ3) is 9.14. The number of thioether (sulfide) groups is 1. The van der Waals surface area contributed by atoms with Crippen molar-refractivity contribution < 1.29 is 32.7 Å². The van der Waals surface area contributed by atoms with Crippen LogP contribution in [0.1, 0.15) is 63.3 Å². The van der Waals surface area contributed by atoms with Crippen LogP contribution in [0.15, 0.2) is 36.5 Å². The summed E-state index contributed by atoms with van der Waals surface area (Å²) in [5.41, 5.74) is -1.62. The lowest BCUT2D eigenvalue weighted by Crippen LogP contribution is -2.44. The summed E-state index contributed by atoms with van der Waals surface area (Å²) in [6, 6.07) is 7.19. The standard InChI is InChI=1S/C30H33F3N6O4S3/c1-18(40)37-24(25(41)42)17-46-27(44)35-13-7-5-4-6-8-20-10-12-22(16-36-20)39-28(45)38(26(43)29(39,2)3)21-11-9-19(15-34)23(14-21)30(31,32)33/h9-12,14,16,24H,4-8,13,17H2,1-3H3,(H,35,44)(H,37,40)(H,41,42). The Bertz CT molecular complexity index is 1530. The van der Waals surface area contributed by atoms with Gasteiger partial charge in [0.1, 0.15) is 15.9 Å². The lowest BCUT2D eigenvalue weighted by atomic mass is 10.0.